The molecule has 2 rings (SSSR count). The van der Waals surface area contributed by atoms with Crippen LogP contribution in [-0.2, 0) is 0 Å². The molecule has 0 amide bonds. The van der Waals surface area contributed by atoms with E-state index in [0.29, 0.717) is 19.3 Å². The molecule has 0 radical (unpaired) electrons. The number of hydrogen-bond donors (Lipinski definition) is 3. The summed E-state index contributed by atoms with van der Waals surface area (Å²) in [5.41, 5.74) is 18.0. The van der Waals surface area contributed by atoms with Crippen LogP contribution in [0.1, 0.15) is 26.7 Å². The zero-order chi connectivity index (χ0) is 18.9. The highest BCUT2D eigenvalue weighted by atomic mass is 15.4. The van der Waals surface area contributed by atoms with Gasteiger partial charge in [0.1, 0.15) is 0 Å². The van der Waals surface area contributed by atoms with E-state index < -0.39 is 0 Å². The molecule has 0 aromatic heterocycles. The molecule has 0 atom stereocenters. The summed E-state index contributed by atoms with van der Waals surface area (Å²) in [6.07, 6.45) is 3.75. The molecule has 1 aliphatic heterocycles. The van der Waals surface area contributed by atoms with Gasteiger partial charge in [-0.05, 0) is 38.8 Å². The van der Waals surface area contributed by atoms with E-state index in [0.717, 1.165) is 49.0 Å². The lowest BCUT2D eigenvalue weighted by Gasteiger charge is -2.40. The lowest BCUT2D eigenvalue weighted by atomic mass is 10.0. The van der Waals surface area contributed by atoms with Gasteiger partial charge in [-0.3, -0.25) is 0 Å². The SMILES string of the molecule is C=CCN=C(NN=C(C)C)N1CCC(N(CN)c2ccccc2N)CC1. The Hall–Kier alpha value is -2.54. The summed E-state index contributed by atoms with van der Waals surface area (Å²) in [6, 6.07) is 8.26. The quantitative estimate of drug-likeness (QED) is 0.181. The maximum absolute atomic E-state index is 6.14. The van der Waals surface area contributed by atoms with Gasteiger partial charge < -0.3 is 21.3 Å². The van der Waals surface area contributed by atoms with Gasteiger partial charge in [-0.25, -0.2) is 10.4 Å². The van der Waals surface area contributed by atoms with E-state index in [9.17, 15) is 0 Å². The molecule has 0 saturated carbocycles. The summed E-state index contributed by atoms with van der Waals surface area (Å²) in [7, 11) is 0. The molecule has 7 heteroatoms. The highest BCUT2D eigenvalue weighted by molar-refractivity contribution is 5.84. The highest BCUT2D eigenvalue weighted by Crippen LogP contribution is 2.27. The maximum atomic E-state index is 6.14. The summed E-state index contributed by atoms with van der Waals surface area (Å²) >= 11 is 0. The van der Waals surface area contributed by atoms with E-state index in [2.05, 4.69) is 31.9 Å². The van der Waals surface area contributed by atoms with Crippen molar-refractivity contribution in [2.24, 2.45) is 15.8 Å². The van der Waals surface area contributed by atoms with Gasteiger partial charge >= 0.3 is 0 Å². The van der Waals surface area contributed by atoms with Crippen LogP contribution in [-0.4, -0.2) is 48.9 Å². The van der Waals surface area contributed by atoms with Gasteiger partial charge in [-0.1, -0.05) is 18.2 Å². The number of anilines is 2. The molecular formula is C19H31N7. The fourth-order valence-corrected chi connectivity index (χ4v) is 3.10. The minimum absolute atomic E-state index is 0.359. The van der Waals surface area contributed by atoms with Crippen molar-refractivity contribution in [3.05, 3.63) is 36.9 Å². The Morgan fingerprint density at radius 3 is 2.62 bits per heavy atom. The van der Waals surface area contributed by atoms with Crippen LogP contribution in [0.3, 0.4) is 0 Å². The number of aliphatic imine (C=N–C) groups is 1. The summed E-state index contributed by atoms with van der Waals surface area (Å²) in [5, 5.41) is 4.30. The molecule has 142 valence electrons. The van der Waals surface area contributed by atoms with Gasteiger partial charge in [0.25, 0.3) is 0 Å². The lowest BCUT2D eigenvalue weighted by molar-refractivity contribution is 0.296. The molecule has 1 saturated heterocycles. The van der Waals surface area contributed by atoms with E-state index >= 15 is 0 Å². The Labute approximate surface area is 156 Å². The van der Waals surface area contributed by atoms with E-state index in [1.165, 1.54) is 0 Å². The van der Waals surface area contributed by atoms with Crippen molar-refractivity contribution in [1.29, 1.82) is 0 Å². The van der Waals surface area contributed by atoms with Crippen LogP contribution >= 0.6 is 0 Å². The molecule has 5 N–H and O–H groups in total. The van der Waals surface area contributed by atoms with Crippen molar-refractivity contribution in [1.82, 2.24) is 10.3 Å². The molecule has 1 aliphatic rings. The van der Waals surface area contributed by atoms with Crippen molar-refractivity contribution in [3.8, 4) is 0 Å². The largest absolute Gasteiger partial charge is 0.397 e. The fourth-order valence-electron chi connectivity index (χ4n) is 3.10. The number of rotatable bonds is 6. The first-order chi connectivity index (χ1) is 12.6. The second-order valence-electron chi connectivity index (χ2n) is 6.55. The number of nitrogen functional groups attached to an aromatic ring is 1. The number of nitrogens with one attached hydrogen (secondary N) is 1. The van der Waals surface area contributed by atoms with Crippen molar-refractivity contribution >= 4 is 23.0 Å². The molecule has 1 fully saturated rings. The summed E-state index contributed by atoms with van der Waals surface area (Å²) in [4.78, 5) is 8.98. The average molecular weight is 358 g/mol. The zero-order valence-electron chi connectivity index (χ0n) is 15.9. The van der Waals surface area contributed by atoms with Crippen molar-refractivity contribution in [2.45, 2.75) is 32.7 Å². The van der Waals surface area contributed by atoms with Crippen LogP contribution in [0, 0.1) is 0 Å². The molecule has 7 nitrogen and oxygen atoms in total. The Morgan fingerprint density at radius 2 is 2.04 bits per heavy atom. The normalized spacial score (nSPS) is 15.5. The number of hydrazone groups is 1. The van der Waals surface area contributed by atoms with Gasteiger partial charge in [-0.2, -0.15) is 5.10 Å². The zero-order valence-corrected chi connectivity index (χ0v) is 15.9. The predicted molar refractivity (Wildman–Crippen MR) is 111 cm³/mol. The van der Waals surface area contributed by atoms with Crippen LogP contribution in [0.2, 0.25) is 0 Å². The number of likely N-dealkylation sites (tertiary alicyclic amines) is 1. The third-order valence-electron chi connectivity index (χ3n) is 4.40. The number of piperidine rings is 1. The van der Waals surface area contributed by atoms with Crippen LogP contribution in [0.5, 0.6) is 0 Å². The van der Waals surface area contributed by atoms with Crippen LogP contribution in [0.15, 0.2) is 47.0 Å². The predicted octanol–water partition coefficient (Wildman–Crippen LogP) is 1.98. The van der Waals surface area contributed by atoms with Crippen LogP contribution in [0.25, 0.3) is 0 Å². The molecule has 0 unspecified atom stereocenters. The molecule has 0 aliphatic carbocycles. The molecular weight excluding hydrogens is 326 g/mol. The topological polar surface area (TPSA) is 95.3 Å². The van der Waals surface area contributed by atoms with E-state index in [1.807, 2.05) is 38.1 Å². The number of nitrogens with zero attached hydrogens (tertiary/aromatic N) is 4. The van der Waals surface area contributed by atoms with Gasteiger partial charge in [0.15, 0.2) is 0 Å². The Kier molecular flexibility index (Phi) is 7.47. The monoisotopic (exact) mass is 357 g/mol. The molecule has 1 heterocycles. The van der Waals surface area contributed by atoms with Gasteiger partial charge in [-0.15, -0.1) is 6.58 Å². The number of para-hydroxylation sites is 2. The van der Waals surface area contributed by atoms with E-state index in [1.54, 1.807) is 6.08 Å². The second-order valence-corrected chi connectivity index (χ2v) is 6.55. The molecule has 26 heavy (non-hydrogen) atoms. The smallest absolute Gasteiger partial charge is 0.215 e. The number of hydrogen-bond acceptors (Lipinski definition) is 5. The Bertz CT molecular complexity index is 641. The van der Waals surface area contributed by atoms with E-state index in [-0.39, 0.29) is 0 Å². The summed E-state index contributed by atoms with van der Waals surface area (Å²) in [6.45, 7) is 10.4. The van der Waals surface area contributed by atoms with Crippen molar-refractivity contribution < 1.29 is 0 Å². The Balaban J connectivity index is 2.05. The lowest BCUT2D eigenvalue weighted by Crippen LogP contribution is -2.51. The first-order valence-electron chi connectivity index (χ1n) is 9.05. The highest BCUT2D eigenvalue weighted by Gasteiger charge is 2.26. The first-order valence-corrected chi connectivity index (χ1v) is 9.05. The van der Waals surface area contributed by atoms with Crippen LogP contribution < -0.4 is 21.8 Å². The number of guanidine groups is 1. The van der Waals surface area contributed by atoms with E-state index in [4.69, 9.17) is 11.5 Å². The van der Waals surface area contributed by atoms with Crippen molar-refractivity contribution in [3.63, 3.8) is 0 Å². The second kappa shape index (κ2) is 9.82. The first kappa shape index (κ1) is 19.8. The molecule has 1 aromatic rings. The number of benzene rings is 1. The van der Waals surface area contributed by atoms with Gasteiger partial charge in [0, 0.05) is 24.8 Å². The average Bonchev–Trinajstić information content (AvgIpc) is 2.64. The standard InChI is InChI=1S/C19H31N7/c1-4-11-22-19(24-23-15(2)3)25-12-9-16(10-13-25)26(14-20)18-8-6-5-7-17(18)21/h4-8,16H,1,9-14,20-21H2,2-3H3,(H,22,24). The van der Waals surface area contributed by atoms with Crippen molar-refractivity contribution in [2.75, 3.05) is 36.9 Å². The van der Waals surface area contributed by atoms with Gasteiger partial charge in [0.05, 0.1) is 24.6 Å². The third-order valence-corrected chi connectivity index (χ3v) is 4.40. The minimum Gasteiger partial charge on any atom is -0.397 e. The molecule has 0 spiro atoms. The summed E-state index contributed by atoms with van der Waals surface area (Å²) in [5.74, 6) is 0.795. The molecule has 1 aromatic carbocycles. The fraction of sp³-hybridized carbons (Fsp3) is 0.474. The molecule has 0 bridgehead atoms. The Morgan fingerprint density at radius 1 is 1.35 bits per heavy atom. The maximum Gasteiger partial charge on any atom is 0.215 e. The van der Waals surface area contributed by atoms with Crippen LogP contribution in [0.4, 0.5) is 11.4 Å². The summed E-state index contributed by atoms with van der Waals surface area (Å²) < 4.78 is 0. The minimum atomic E-state index is 0.359. The third kappa shape index (κ3) is 5.23. The number of nitrogens with two attached hydrogens (primary N) is 2. The van der Waals surface area contributed by atoms with Gasteiger partial charge in [0.2, 0.25) is 5.96 Å².